The normalized spacial score (nSPS) is 20.0. The maximum absolute atomic E-state index is 12.7. The highest BCUT2D eigenvalue weighted by Crippen LogP contribution is 2.42. The van der Waals surface area contributed by atoms with Crippen molar-refractivity contribution in [1.29, 1.82) is 0 Å². The van der Waals surface area contributed by atoms with E-state index in [2.05, 4.69) is 9.97 Å². The van der Waals surface area contributed by atoms with Gasteiger partial charge in [0.05, 0.1) is 13.2 Å². The second-order valence-electron chi connectivity index (χ2n) is 7.53. The van der Waals surface area contributed by atoms with Crippen LogP contribution in [0.4, 0.5) is 13.2 Å². The first kappa shape index (κ1) is 25.0. The molecule has 0 bridgehead atoms. The zero-order valence-corrected chi connectivity index (χ0v) is 18.1. The fraction of sp³-hybridized carbons (Fsp3) is 0.450. The molecule has 2 aromatic rings. The van der Waals surface area contributed by atoms with E-state index in [0.717, 1.165) is 12.0 Å². The van der Waals surface area contributed by atoms with Crippen LogP contribution < -0.4 is 0 Å². The van der Waals surface area contributed by atoms with Gasteiger partial charge < -0.3 is 14.6 Å². The number of carbonyl (C=O) groups is 1. The van der Waals surface area contributed by atoms with Gasteiger partial charge in [0.15, 0.2) is 0 Å². The van der Waals surface area contributed by atoms with Crippen molar-refractivity contribution in [3.05, 3.63) is 54.6 Å². The van der Waals surface area contributed by atoms with E-state index in [1.807, 2.05) is 12.1 Å². The van der Waals surface area contributed by atoms with Gasteiger partial charge in [0.2, 0.25) is 10.0 Å². The predicted octanol–water partition coefficient (Wildman–Crippen LogP) is 2.11. The summed E-state index contributed by atoms with van der Waals surface area (Å²) in [7, 11) is -3.51. The third-order valence-electron chi connectivity index (χ3n) is 5.34. The van der Waals surface area contributed by atoms with Gasteiger partial charge in [0.1, 0.15) is 10.5 Å². The first-order valence-corrected chi connectivity index (χ1v) is 11.3. The van der Waals surface area contributed by atoms with Crippen molar-refractivity contribution in [3.63, 3.8) is 0 Å². The Hall–Kier alpha value is -2.61. The molecule has 2 fully saturated rings. The maximum atomic E-state index is 12.7. The topological polar surface area (TPSA) is 119 Å². The third-order valence-corrected chi connectivity index (χ3v) is 7.11. The van der Waals surface area contributed by atoms with Crippen molar-refractivity contribution >= 4 is 16.0 Å². The molecule has 1 unspecified atom stereocenters. The van der Waals surface area contributed by atoms with E-state index < -0.39 is 27.8 Å². The molecular formula is C20H22F3N3O6S. The molecule has 0 aliphatic carbocycles. The number of carboxylic acids is 1. The van der Waals surface area contributed by atoms with Crippen molar-refractivity contribution in [3.8, 4) is 0 Å². The average Bonchev–Trinajstić information content (AvgIpc) is 3.18. The summed E-state index contributed by atoms with van der Waals surface area (Å²) < 4.78 is 70.3. The van der Waals surface area contributed by atoms with Crippen molar-refractivity contribution < 1.29 is 41.0 Å². The summed E-state index contributed by atoms with van der Waals surface area (Å²) in [5.74, 6) is -2.56. The Morgan fingerprint density at radius 2 is 1.88 bits per heavy atom. The molecule has 4 heterocycles. The zero-order chi connectivity index (χ0) is 24.1. The number of aliphatic carboxylic acids is 1. The van der Waals surface area contributed by atoms with Crippen LogP contribution in [0.2, 0.25) is 0 Å². The molecule has 0 radical (unpaired) electrons. The summed E-state index contributed by atoms with van der Waals surface area (Å²) in [5.41, 5.74) is 0.649. The van der Waals surface area contributed by atoms with Crippen molar-refractivity contribution in [2.75, 3.05) is 26.3 Å². The summed E-state index contributed by atoms with van der Waals surface area (Å²) >= 11 is 0. The molecule has 13 heteroatoms. The second-order valence-corrected chi connectivity index (χ2v) is 9.47. The molecule has 0 saturated carbocycles. The van der Waals surface area contributed by atoms with Crippen LogP contribution in [-0.2, 0) is 30.9 Å². The molecule has 0 amide bonds. The number of carboxylic acid groups (broad SMARTS) is 1. The van der Waals surface area contributed by atoms with Crippen LogP contribution in [0.5, 0.6) is 0 Å². The van der Waals surface area contributed by atoms with Gasteiger partial charge >= 0.3 is 12.1 Å². The van der Waals surface area contributed by atoms with Crippen LogP contribution in [-0.4, -0.2) is 71.8 Å². The first-order valence-electron chi connectivity index (χ1n) is 9.85. The lowest BCUT2D eigenvalue weighted by atomic mass is 9.83. The van der Waals surface area contributed by atoms with E-state index in [-0.39, 0.29) is 10.8 Å². The van der Waals surface area contributed by atoms with Crippen LogP contribution >= 0.6 is 0 Å². The lowest BCUT2D eigenvalue weighted by molar-refractivity contribution is -0.192. The summed E-state index contributed by atoms with van der Waals surface area (Å²) in [6.07, 6.45) is 2.23. The second kappa shape index (κ2) is 10.1. The molecule has 2 aliphatic heterocycles. The Labute approximate surface area is 188 Å². The van der Waals surface area contributed by atoms with Gasteiger partial charge in [-0.15, -0.1) is 0 Å². The highest BCUT2D eigenvalue weighted by atomic mass is 32.2. The Morgan fingerprint density at radius 1 is 1.21 bits per heavy atom. The number of aromatic nitrogens is 2. The number of sulfonamides is 1. The van der Waals surface area contributed by atoms with Crippen molar-refractivity contribution in [2.45, 2.75) is 29.7 Å². The molecule has 0 aromatic carbocycles. The van der Waals surface area contributed by atoms with E-state index >= 15 is 0 Å². The number of pyridine rings is 2. The van der Waals surface area contributed by atoms with Crippen LogP contribution in [0.15, 0.2) is 53.9 Å². The predicted molar refractivity (Wildman–Crippen MR) is 107 cm³/mol. The van der Waals surface area contributed by atoms with Crippen LogP contribution in [0, 0.1) is 5.92 Å². The highest BCUT2D eigenvalue weighted by molar-refractivity contribution is 7.89. The fourth-order valence-electron chi connectivity index (χ4n) is 3.54. The summed E-state index contributed by atoms with van der Waals surface area (Å²) in [4.78, 5) is 17.0. The standard InChI is InChI=1S/C18H21N3O4S.C2HF3O2/c22-26(23,17-2-1-6-20-10-17)21-13-18(14-21)16(5-9-25-18)12-24-11-15-3-7-19-8-4-15;3-2(4,5)1(6)7/h1-4,6-8,10,16H,5,9,11-14H2;(H,6,7). The number of rotatable bonds is 6. The van der Waals surface area contributed by atoms with Crippen LogP contribution in [0.25, 0.3) is 0 Å². The molecule has 180 valence electrons. The molecule has 1 N–H and O–H groups in total. The quantitative estimate of drug-likeness (QED) is 0.656. The summed E-state index contributed by atoms with van der Waals surface area (Å²) in [6.45, 7) is 2.46. The summed E-state index contributed by atoms with van der Waals surface area (Å²) in [5, 5.41) is 7.12. The smallest absolute Gasteiger partial charge is 0.475 e. The van der Waals surface area contributed by atoms with Gasteiger partial charge in [-0.1, -0.05) is 0 Å². The lowest BCUT2D eigenvalue weighted by Gasteiger charge is -2.49. The number of alkyl halides is 3. The van der Waals surface area contributed by atoms with Crippen LogP contribution in [0.3, 0.4) is 0 Å². The molecule has 1 spiro atoms. The van der Waals surface area contributed by atoms with E-state index in [0.29, 0.717) is 32.9 Å². The van der Waals surface area contributed by atoms with Gasteiger partial charge in [-0.3, -0.25) is 9.97 Å². The summed E-state index contributed by atoms with van der Waals surface area (Å²) in [6, 6.07) is 7.04. The fourth-order valence-corrected chi connectivity index (χ4v) is 5.06. The van der Waals surface area contributed by atoms with E-state index in [4.69, 9.17) is 19.4 Å². The molecular weight excluding hydrogens is 467 g/mol. The number of halogens is 3. The minimum absolute atomic E-state index is 0.199. The van der Waals surface area contributed by atoms with E-state index in [1.54, 1.807) is 30.7 Å². The average molecular weight is 489 g/mol. The van der Waals surface area contributed by atoms with Crippen LogP contribution in [0.1, 0.15) is 12.0 Å². The number of hydrogen-bond acceptors (Lipinski definition) is 7. The Morgan fingerprint density at radius 3 is 2.45 bits per heavy atom. The highest BCUT2D eigenvalue weighted by Gasteiger charge is 2.56. The molecule has 1 atom stereocenters. The number of hydrogen-bond donors (Lipinski definition) is 1. The number of nitrogens with zero attached hydrogens (tertiary/aromatic N) is 3. The Balaban J connectivity index is 0.000000383. The molecule has 4 rings (SSSR count). The SMILES string of the molecule is O=C(O)C(F)(F)F.O=S(=O)(c1cccnc1)N1CC2(C1)OCCC2COCc1ccncc1. The number of ether oxygens (including phenoxy) is 2. The molecule has 33 heavy (non-hydrogen) atoms. The Kier molecular flexibility index (Phi) is 7.67. The van der Waals surface area contributed by atoms with Gasteiger partial charge in [-0.05, 0) is 36.2 Å². The molecule has 9 nitrogen and oxygen atoms in total. The molecule has 2 saturated heterocycles. The van der Waals surface area contributed by atoms with Gasteiger partial charge in [0, 0.05) is 50.4 Å². The maximum Gasteiger partial charge on any atom is 0.490 e. The largest absolute Gasteiger partial charge is 0.490 e. The van der Waals surface area contributed by atoms with E-state index in [9.17, 15) is 21.6 Å². The minimum Gasteiger partial charge on any atom is -0.475 e. The van der Waals surface area contributed by atoms with Gasteiger partial charge in [0.25, 0.3) is 0 Å². The third kappa shape index (κ3) is 6.05. The van der Waals surface area contributed by atoms with Crippen molar-refractivity contribution in [1.82, 2.24) is 14.3 Å². The lowest BCUT2D eigenvalue weighted by Crippen LogP contribution is -2.66. The first-order chi connectivity index (χ1) is 15.5. The van der Waals surface area contributed by atoms with Crippen molar-refractivity contribution in [2.24, 2.45) is 5.92 Å². The molecule has 2 aliphatic rings. The van der Waals surface area contributed by atoms with Gasteiger partial charge in [-0.2, -0.15) is 17.5 Å². The monoisotopic (exact) mass is 489 g/mol. The molecule has 2 aromatic heterocycles. The minimum atomic E-state index is -5.08. The Bertz CT molecular complexity index is 1030. The zero-order valence-electron chi connectivity index (χ0n) is 17.3. The van der Waals surface area contributed by atoms with E-state index in [1.165, 1.54) is 10.5 Å². The van der Waals surface area contributed by atoms with Gasteiger partial charge in [-0.25, -0.2) is 13.2 Å².